The van der Waals surface area contributed by atoms with Crippen molar-refractivity contribution in [3.8, 4) is 11.5 Å². The van der Waals surface area contributed by atoms with Crippen LogP contribution in [0.5, 0.6) is 11.5 Å². The minimum Gasteiger partial charge on any atom is -0.493 e. The number of ether oxygens (including phenoxy) is 3. The van der Waals surface area contributed by atoms with Crippen molar-refractivity contribution in [1.29, 1.82) is 0 Å². The maximum atomic E-state index is 13.7. The summed E-state index contributed by atoms with van der Waals surface area (Å²) >= 11 is 4.76. The van der Waals surface area contributed by atoms with Gasteiger partial charge >= 0.3 is 5.97 Å². The molecule has 4 rings (SSSR count). The van der Waals surface area contributed by atoms with Crippen molar-refractivity contribution in [3.63, 3.8) is 0 Å². The normalized spacial score (nSPS) is 15.5. The molecule has 2 heterocycles. The second kappa shape index (κ2) is 10.8. The first-order chi connectivity index (χ1) is 17.2. The summed E-state index contributed by atoms with van der Waals surface area (Å²) in [5.41, 5.74) is 2.16. The second-order valence-corrected chi connectivity index (χ2v) is 10.4. The van der Waals surface area contributed by atoms with E-state index in [9.17, 15) is 9.59 Å². The number of esters is 1. The molecule has 0 amide bonds. The molecule has 1 aliphatic rings. The average molecular weight is 571 g/mol. The van der Waals surface area contributed by atoms with Gasteiger partial charge in [-0.05, 0) is 69.2 Å². The summed E-state index contributed by atoms with van der Waals surface area (Å²) in [7, 11) is 1.56. The highest BCUT2D eigenvalue weighted by Crippen LogP contribution is 2.36. The van der Waals surface area contributed by atoms with Crippen LogP contribution in [0.3, 0.4) is 0 Å². The number of fused-ring (bicyclic) bond motifs is 1. The molecule has 36 heavy (non-hydrogen) atoms. The molecule has 0 bridgehead atoms. The predicted molar refractivity (Wildman–Crippen MR) is 143 cm³/mol. The summed E-state index contributed by atoms with van der Waals surface area (Å²) in [5.74, 6) is 0.582. The molecule has 0 saturated carbocycles. The lowest BCUT2D eigenvalue weighted by Crippen LogP contribution is -2.40. The fourth-order valence-electron chi connectivity index (χ4n) is 4.06. The van der Waals surface area contributed by atoms with Crippen LogP contribution < -0.4 is 24.4 Å². The van der Waals surface area contributed by atoms with Crippen molar-refractivity contribution in [3.05, 3.63) is 89.0 Å². The Balaban J connectivity index is 1.95. The smallest absolute Gasteiger partial charge is 0.338 e. The number of thiazole rings is 1. The molecule has 0 aliphatic carbocycles. The van der Waals surface area contributed by atoms with Gasteiger partial charge < -0.3 is 14.2 Å². The number of aromatic nitrogens is 1. The summed E-state index contributed by atoms with van der Waals surface area (Å²) in [6, 6.07) is 12.4. The first-order valence-corrected chi connectivity index (χ1v) is 13.1. The van der Waals surface area contributed by atoms with Gasteiger partial charge in [0.25, 0.3) is 5.56 Å². The predicted octanol–water partition coefficient (Wildman–Crippen LogP) is 4.36. The molecule has 0 radical (unpaired) electrons. The zero-order valence-electron chi connectivity index (χ0n) is 20.7. The standard InChI is InChI=1S/C27H27BrN2O5S/c1-6-34-26(32)23-16(4)29-27-30(25(31)22(36-27)13-17-8-7-9-19(28)12-17)24(23)18-10-11-20(35-15(2)3)21(14-18)33-5/h7-15,24H,6H2,1-5H3/b22-13-/t24-/m1/s1. The van der Waals surface area contributed by atoms with Gasteiger partial charge in [-0.2, -0.15) is 0 Å². The molecule has 0 unspecified atom stereocenters. The highest BCUT2D eigenvalue weighted by molar-refractivity contribution is 9.10. The number of nitrogens with zero attached hydrogens (tertiary/aromatic N) is 2. The van der Waals surface area contributed by atoms with E-state index in [1.54, 1.807) is 37.7 Å². The Kier molecular flexibility index (Phi) is 7.80. The minimum absolute atomic E-state index is 0.0438. The Hall–Kier alpha value is -3.17. The van der Waals surface area contributed by atoms with E-state index in [0.29, 0.717) is 37.7 Å². The number of rotatable bonds is 7. The largest absolute Gasteiger partial charge is 0.493 e. The van der Waals surface area contributed by atoms with Crippen LogP contribution in [0.15, 0.2) is 68.0 Å². The first-order valence-electron chi connectivity index (χ1n) is 11.5. The fraction of sp³-hybridized carbons (Fsp3) is 0.296. The molecule has 7 nitrogen and oxygen atoms in total. The number of hydrogen-bond acceptors (Lipinski definition) is 7. The van der Waals surface area contributed by atoms with Crippen molar-refractivity contribution >= 4 is 39.3 Å². The Labute approximate surface area is 221 Å². The van der Waals surface area contributed by atoms with Gasteiger partial charge in [0.2, 0.25) is 0 Å². The molecule has 1 atom stereocenters. The molecule has 3 aromatic rings. The summed E-state index contributed by atoms with van der Waals surface area (Å²) in [5, 5.41) is 0. The number of hydrogen-bond donors (Lipinski definition) is 0. The molecule has 0 fully saturated rings. The second-order valence-electron chi connectivity index (χ2n) is 8.43. The average Bonchev–Trinajstić information content (AvgIpc) is 3.12. The quantitative estimate of drug-likeness (QED) is 0.394. The van der Waals surface area contributed by atoms with Crippen LogP contribution in [-0.2, 0) is 9.53 Å². The third-order valence-corrected chi connectivity index (χ3v) is 7.01. The number of halogens is 1. The monoisotopic (exact) mass is 570 g/mol. The Bertz CT molecular complexity index is 1520. The van der Waals surface area contributed by atoms with Crippen LogP contribution in [0, 0.1) is 0 Å². The van der Waals surface area contributed by atoms with Crippen LogP contribution in [-0.4, -0.2) is 30.4 Å². The van der Waals surface area contributed by atoms with Gasteiger partial charge in [-0.3, -0.25) is 9.36 Å². The van der Waals surface area contributed by atoms with Crippen LogP contribution >= 0.6 is 27.3 Å². The maximum absolute atomic E-state index is 13.7. The molecular weight excluding hydrogens is 544 g/mol. The summed E-state index contributed by atoms with van der Waals surface area (Å²) in [6.07, 6.45) is 1.78. The SMILES string of the molecule is CCOC(=O)C1=C(C)N=c2s/c(=C\c3cccc(Br)c3)c(=O)n2[C@@H]1c1ccc(OC(C)C)c(OC)c1. The number of carbonyl (C=O) groups is 1. The van der Waals surface area contributed by atoms with E-state index in [1.807, 2.05) is 50.3 Å². The molecule has 1 aliphatic heterocycles. The third-order valence-electron chi connectivity index (χ3n) is 5.53. The molecule has 0 spiro atoms. The van der Waals surface area contributed by atoms with E-state index in [0.717, 1.165) is 10.0 Å². The lowest BCUT2D eigenvalue weighted by atomic mass is 9.95. The lowest BCUT2D eigenvalue weighted by Gasteiger charge is -2.25. The van der Waals surface area contributed by atoms with Crippen molar-refractivity contribution in [2.75, 3.05) is 13.7 Å². The van der Waals surface area contributed by atoms with Gasteiger partial charge in [0, 0.05) is 4.47 Å². The Morgan fingerprint density at radius 3 is 2.67 bits per heavy atom. The van der Waals surface area contributed by atoms with Gasteiger partial charge in [-0.15, -0.1) is 0 Å². The van der Waals surface area contributed by atoms with Gasteiger partial charge in [-0.25, -0.2) is 9.79 Å². The summed E-state index contributed by atoms with van der Waals surface area (Å²) in [4.78, 5) is 32.0. The van der Waals surface area contributed by atoms with Crippen molar-refractivity contribution in [2.24, 2.45) is 4.99 Å². The minimum atomic E-state index is -0.730. The van der Waals surface area contributed by atoms with E-state index in [2.05, 4.69) is 20.9 Å². The molecule has 1 aromatic heterocycles. The van der Waals surface area contributed by atoms with Gasteiger partial charge in [0.15, 0.2) is 16.3 Å². The molecule has 188 valence electrons. The summed E-state index contributed by atoms with van der Waals surface area (Å²) < 4.78 is 19.8. The number of benzene rings is 2. The zero-order chi connectivity index (χ0) is 26.0. The first kappa shape index (κ1) is 25.9. The van der Waals surface area contributed by atoms with Gasteiger partial charge in [0.1, 0.15) is 0 Å². The Morgan fingerprint density at radius 1 is 1.22 bits per heavy atom. The Morgan fingerprint density at radius 2 is 2.00 bits per heavy atom. The molecule has 2 aromatic carbocycles. The summed E-state index contributed by atoms with van der Waals surface area (Å²) in [6.45, 7) is 7.58. The van der Waals surface area contributed by atoms with E-state index < -0.39 is 12.0 Å². The van der Waals surface area contributed by atoms with Gasteiger partial charge in [-0.1, -0.05) is 45.5 Å². The van der Waals surface area contributed by atoms with Crippen LogP contribution in [0.1, 0.15) is 44.9 Å². The van der Waals surface area contributed by atoms with E-state index in [1.165, 1.54) is 11.3 Å². The highest BCUT2D eigenvalue weighted by Gasteiger charge is 2.34. The van der Waals surface area contributed by atoms with Crippen LogP contribution in [0.25, 0.3) is 6.08 Å². The van der Waals surface area contributed by atoms with Crippen molar-refractivity contribution in [1.82, 2.24) is 4.57 Å². The molecule has 9 heteroatoms. The fourth-order valence-corrected chi connectivity index (χ4v) is 5.52. The highest BCUT2D eigenvalue weighted by atomic mass is 79.9. The maximum Gasteiger partial charge on any atom is 0.338 e. The van der Waals surface area contributed by atoms with Crippen molar-refractivity contribution < 1.29 is 19.0 Å². The van der Waals surface area contributed by atoms with E-state index in [4.69, 9.17) is 14.2 Å². The van der Waals surface area contributed by atoms with Crippen LogP contribution in [0.4, 0.5) is 0 Å². The lowest BCUT2D eigenvalue weighted by molar-refractivity contribution is -0.139. The molecule has 0 saturated heterocycles. The molecular formula is C27H27BrN2O5S. The number of allylic oxidation sites excluding steroid dienone is 1. The number of methoxy groups -OCH3 is 1. The van der Waals surface area contributed by atoms with Gasteiger partial charge in [0.05, 0.1) is 41.7 Å². The molecule has 0 N–H and O–H groups in total. The van der Waals surface area contributed by atoms with E-state index in [-0.39, 0.29) is 18.3 Å². The topological polar surface area (TPSA) is 79.1 Å². The third kappa shape index (κ3) is 5.17. The zero-order valence-corrected chi connectivity index (χ0v) is 23.1. The van der Waals surface area contributed by atoms with Crippen molar-refractivity contribution in [2.45, 2.75) is 39.8 Å². The number of carbonyl (C=O) groups excluding carboxylic acids is 1. The van der Waals surface area contributed by atoms with E-state index >= 15 is 0 Å². The van der Waals surface area contributed by atoms with Crippen LogP contribution in [0.2, 0.25) is 0 Å².